The lowest BCUT2D eigenvalue weighted by Gasteiger charge is -2.16. The van der Waals surface area contributed by atoms with Crippen molar-refractivity contribution in [2.75, 3.05) is 0 Å². The number of halogens is 1. The molecule has 0 aromatic carbocycles. The summed E-state index contributed by atoms with van der Waals surface area (Å²) in [5.74, 6) is 0. The van der Waals surface area contributed by atoms with E-state index in [1.54, 1.807) is 18.4 Å². The summed E-state index contributed by atoms with van der Waals surface area (Å²) in [5, 5.41) is 9.39. The number of nitrogens with one attached hydrogen (secondary N) is 1. The number of thiophene rings is 1. The molecule has 1 atom stereocenters. The van der Waals surface area contributed by atoms with E-state index in [9.17, 15) is 8.42 Å². The van der Waals surface area contributed by atoms with Gasteiger partial charge < -0.3 is 0 Å². The molecule has 0 spiro atoms. The van der Waals surface area contributed by atoms with Crippen LogP contribution in [0.25, 0.3) is 0 Å². The number of aryl methyl sites for hydroxylation is 1. The first-order chi connectivity index (χ1) is 9.45. The summed E-state index contributed by atoms with van der Waals surface area (Å²) in [6.07, 6.45) is 1.62. The van der Waals surface area contributed by atoms with Crippen molar-refractivity contribution in [1.82, 2.24) is 19.7 Å². The van der Waals surface area contributed by atoms with Gasteiger partial charge in [-0.1, -0.05) is 24.6 Å². The minimum atomic E-state index is -3.68. The Labute approximate surface area is 130 Å². The van der Waals surface area contributed by atoms with Crippen LogP contribution in [0.4, 0.5) is 0 Å². The molecule has 0 bridgehead atoms. The maximum Gasteiger partial charge on any atom is 0.261 e. The Kier molecular flexibility index (Phi) is 4.95. The Hall–Kier alpha value is -0.770. The molecule has 9 heteroatoms. The van der Waals surface area contributed by atoms with Crippen molar-refractivity contribution in [3.05, 3.63) is 27.0 Å². The van der Waals surface area contributed by atoms with E-state index < -0.39 is 10.0 Å². The van der Waals surface area contributed by atoms with E-state index in [1.165, 1.54) is 4.68 Å². The Bertz CT molecular complexity index is 647. The quantitative estimate of drug-likeness (QED) is 0.837. The standard InChI is InChI=1S/C11H15BrN4O2S2/c1-3-5-8(9-6-4-7-19-9)14-20(17,18)11-10(12)13-15-16(11)2/h4,6-8,14H,3,5H2,1-2H3. The van der Waals surface area contributed by atoms with Crippen molar-refractivity contribution < 1.29 is 8.42 Å². The first-order valence-corrected chi connectivity index (χ1v) is 9.22. The number of nitrogens with zero attached hydrogens (tertiary/aromatic N) is 3. The van der Waals surface area contributed by atoms with Gasteiger partial charge in [-0.2, -0.15) is 0 Å². The largest absolute Gasteiger partial charge is 0.261 e. The van der Waals surface area contributed by atoms with Crippen LogP contribution in [-0.4, -0.2) is 23.4 Å². The Morgan fingerprint density at radius 1 is 1.55 bits per heavy atom. The topological polar surface area (TPSA) is 76.9 Å². The highest BCUT2D eigenvalue weighted by atomic mass is 79.9. The summed E-state index contributed by atoms with van der Waals surface area (Å²) >= 11 is 4.66. The third-order valence-electron chi connectivity index (χ3n) is 2.75. The Morgan fingerprint density at radius 3 is 2.80 bits per heavy atom. The van der Waals surface area contributed by atoms with E-state index in [4.69, 9.17) is 0 Å². The normalized spacial score (nSPS) is 13.6. The van der Waals surface area contributed by atoms with Crippen LogP contribution in [-0.2, 0) is 17.1 Å². The average molecular weight is 379 g/mol. The van der Waals surface area contributed by atoms with E-state index in [0.717, 1.165) is 17.7 Å². The second-order valence-electron chi connectivity index (χ2n) is 4.29. The van der Waals surface area contributed by atoms with Gasteiger partial charge in [0, 0.05) is 11.9 Å². The molecule has 20 heavy (non-hydrogen) atoms. The maximum atomic E-state index is 12.5. The summed E-state index contributed by atoms with van der Waals surface area (Å²) in [6, 6.07) is 3.62. The third-order valence-corrected chi connectivity index (χ3v) is 6.10. The SMILES string of the molecule is CCCC(NS(=O)(=O)c1c(Br)nnn1C)c1cccs1. The molecule has 1 N–H and O–H groups in total. The predicted molar refractivity (Wildman–Crippen MR) is 81.0 cm³/mol. The molecule has 0 fully saturated rings. The fourth-order valence-corrected chi connectivity index (χ4v) is 5.12. The molecule has 0 radical (unpaired) electrons. The van der Waals surface area contributed by atoms with E-state index in [-0.39, 0.29) is 15.7 Å². The van der Waals surface area contributed by atoms with Crippen LogP contribution in [0.5, 0.6) is 0 Å². The van der Waals surface area contributed by atoms with Crippen molar-refractivity contribution in [1.29, 1.82) is 0 Å². The van der Waals surface area contributed by atoms with Crippen LogP contribution in [0.2, 0.25) is 0 Å². The van der Waals surface area contributed by atoms with E-state index in [1.807, 2.05) is 24.4 Å². The first-order valence-electron chi connectivity index (χ1n) is 6.06. The molecule has 0 aliphatic rings. The van der Waals surface area contributed by atoms with Gasteiger partial charge in [-0.05, 0) is 33.8 Å². The van der Waals surface area contributed by atoms with Crippen LogP contribution >= 0.6 is 27.3 Å². The molecule has 110 valence electrons. The van der Waals surface area contributed by atoms with Gasteiger partial charge >= 0.3 is 0 Å². The number of aromatic nitrogens is 3. The van der Waals surface area contributed by atoms with Crippen LogP contribution in [0, 0.1) is 0 Å². The van der Waals surface area contributed by atoms with Gasteiger partial charge in [0.25, 0.3) is 10.0 Å². The smallest absolute Gasteiger partial charge is 0.235 e. The fourth-order valence-electron chi connectivity index (χ4n) is 1.89. The predicted octanol–water partition coefficient (Wildman–Crippen LogP) is 2.46. The molecule has 2 heterocycles. The van der Waals surface area contributed by atoms with Gasteiger partial charge in [-0.15, -0.1) is 16.4 Å². The molecule has 0 amide bonds. The van der Waals surface area contributed by atoms with Crippen molar-refractivity contribution in [2.45, 2.75) is 30.8 Å². The van der Waals surface area contributed by atoms with E-state index >= 15 is 0 Å². The summed E-state index contributed by atoms with van der Waals surface area (Å²) in [5.41, 5.74) is 0. The van der Waals surface area contributed by atoms with Crippen LogP contribution in [0.1, 0.15) is 30.7 Å². The second-order valence-corrected chi connectivity index (χ2v) is 7.65. The third kappa shape index (κ3) is 3.27. The minimum absolute atomic E-state index is 0.0372. The van der Waals surface area contributed by atoms with Crippen molar-refractivity contribution in [3.63, 3.8) is 0 Å². The molecule has 2 aromatic rings. The molecule has 1 unspecified atom stereocenters. The van der Waals surface area contributed by atoms with Crippen LogP contribution < -0.4 is 4.72 Å². The number of rotatable bonds is 6. The first kappa shape index (κ1) is 15.6. The lowest BCUT2D eigenvalue weighted by molar-refractivity contribution is 0.527. The Morgan fingerprint density at radius 2 is 2.30 bits per heavy atom. The molecule has 0 saturated carbocycles. The highest BCUT2D eigenvalue weighted by Gasteiger charge is 2.27. The number of hydrogen-bond acceptors (Lipinski definition) is 5. The zero-order valence-corrected chi connectivity index (χ0v) is 14.3. The van der Waals surface area contributed by atoms with Gasteiger partial charge in [0.2, 0.25) is 5.03 Å². The molecule has 0 aliphatic carbocycles. The van der Waals surface area contributed by atoms with Crippen LogP contribution in [0.3, 0.4) is 0 Å². The van der Waals surface area contributed by atoms with Gasteiger partial charge in [0.1, 0.15) is 0 Å². The molecular weight excluding hydrogens is 364 g/mol. The van der Waals surface area contributed by atoms with Gasteiger partial charge in [-0.3, -0.25) is 0 Å². The second kappa shape index (κ2) is 6.33. The number of hydrogen-bond donors (Lipinski definition) is 1. The molecule has 2 rings (SSSR count). The molecular formula is C11H15BrN4O2S2. The fraction of sp³-hybridized carbons (Fsp3) is 0.455. The maximum absolute atomic E-state index is 12.5. The molecule has 2 aromatic heterocycles. The summed E-state index contributed by atoms with van der Waals surface area (Å²) in [6.45, 7) is 2.02. The van der Waals surface area contributed by atoms with E-state index in [0.29, 0.717) is 0 Å². The van der Waals surface area contributed by atoms with Gasteiger partial charge in [0.05, 0.1) is 6.04 Å². The monoisotopic (exact) mass is 378 g/mol. The summed E-state index contributed by atoms with van der Waals surface area (Å²) < 4.78 is 29.1. The molecule has 6 nitrogen and oxygen atoms in total. The zero-order valence-electron chi connectivity index (χ0n) is 11.1. The average Bonchev–Trinajstić information content (AvgIpc) is 2.98. The van der Waals surface area contributed by atoms with Gasteiger partial charge in [-0.25, -0.2) is 17.8 Å². The lowest BCUT2D eigenvalue weighted by atomic mass is 10.1. The lowest BCUT2D eigenvalue weighted by Crippen LogP contribution is -2.30. The van der Waals surface area contributed by atoms with Crippen LogP contribution in [0.15, 0.2) is 27.1 Å². The Balaban J connectivity index is 2.31. The van der Waals surface area contributed by atoms with Gasteiger partial charge in [0.15, 0.2) is 4.60 Å². The minimum Gasteiger partial charge on any atom is -0.235 e. The highest BCUT2D eigenvalue weighted by molar-refractivity contribution is 9.10. The van der Waals surface area contributed by atoms with Crippen molar-refractivity contribution >= 4 is 37.3 Å². The summed E-state index contributed by atoms with van der Waals surface area (Å²) in [7, 11) is -2.13. The van der Waals surface area contributed by atoms with E-state index in [2.05, 4.69) is 31.0 Å². The summed E-state index contributed by atoms with van der Waals surface area (Å²) in [4.78, 5) is 1.00. The van der Waals surface area contributed by atoms with Crippen molar-refractivity contribution in [3.8, 4) is 0 Å². The number of sulfonamides is 1. The molecule has 0 aliphatic heterocycles. The molecule has 0 saturated heterocycles. The zero-order chi connectivity index (χ0) is 14.8. The van der Waals surface area contributed by atoms with Crippen molar-refractivity contribution in [2.24, 2.45) is 7.05 Å². The highest BCUT2D eigenvalue weighted by Crippen LogP contribution is 2.26.